The fourth-order valence-electron chi connectivity index (χ4n) is 3.17. The maximum atomic E-state index is 12.8. The zero-order valence-electron chi connectivity index (χ0n) is 11.9. The van der Waals surface area contributed by atoms with Crippen molar-refractivity contribution < 1.29 is 14.4 Å². The lowest BCUT2D eigenvalue weighted by molar-refractivity contribution is -0.136. The van der Waals surface area contributed by atoms with Gasteiger partial charge >= 0.3 is 0 Å². The van der Waals surface area contributed by atoms with Crippen molar-refractivity contribution in [3.8, 4) is 0 Å². The van der Waals surface area contributed by atoms with Crippen molar-refractivity contribution in [1.82, 2.24) is 4.90 Å². The van der Waals surface area contributed by atoms with Crippen LogP contribution in [0, 0.1) is 11.8 Å². The first-order valence-electron chi connectivity index (χ1n) is 7.09. The van der Waals surface area contributed by atoms with E-state index in [4.69, 9.17) is 34.8 Å². The van der Waals surface area contributed by atoms with Crippen molar-refractivity contribution in [1.29, 1.82) is 0 Å². The molecule has 1 aromatic rings. The van der Waals surface area contributed by atoms with Crippen molar-refractivity contribution in [2.24, 2.45) is 11.8 Å². The molecular weight excluding hydrogens is 508 g/mol. The third-order valence-corrected chi connectivity index (χ3v) is 8.31. The molecule has 1 heterocycles. The molecule has 0 radical (unpaired) electrons. The number of benzene rings is 1. The minimum absolute atomic E-state index is 0.0321. The standard InChI is InChI=1S/C15H10Br2Cl3NO3/c16-8-2-1-6-10(11(8)17)15(24)21(13(6)22)14(23)7-3-5(18)4-9(19)12(7)20/h3-4,6,8,10-11H,1-2H2. The fraction of sp³-hybridized carbons (Fsp3) is 0.400. The highest BCUT2D eigenvalue weighted by molar-refractivity contribution is 9.12. The first-order valence-corrected chi connectivity index (χ1v) is 10.1. The molecule has 1 saturated carbocycles. The van der Waals surface area contributed by atoms with E-state index in [2.05, 4.69) is 31.9 Å². The molecule has 2 fully saturated rings. The van der Waals surface area contributed by atoms with Crippen LogP contribution in [-0.4, -0.2) is 32.3 Å². The Morgan fingerprint density at radius 2 is 1.75 bits per heavy atom. The van der Waals surface area contributed by atoms with Gasteiger partial charge in [-0.15, -0.1) is 0 Å². The van der Waals surface area contributed by atoms with Crippen LogP contribution in [0.2, 0.25) is 15.1 Å². The molecule has 1 saturated heterocycles. The van der Waals surface area contributed by atoms with E-state index in [1.165, 1.54) is 12.1 Å². The molecular formula is C15H10Br2Cl3NO3. The van der Waals surface area contributed by atoms with Crippen LogP contribution < -0.4 is 0 Å². The van der Waals surface area contributed by atoms with E-state index in [1.54, 1.807) is 0 Å². The third kappa shape index (κ3) is 2.94. The molecule has 1 aliphatic heterocycles. The summed E-state index contributed by atoms with van der Waals surface area (Å²) in [4.78, 5) is 38.7. The minimum Gasteiger partial charge on any atom is -0.274 e. The van der Waals surface area contributed by atoms with Crippen LogP contribution in [-0.2, 0) is 9.59 Å². The Morgan fingerprint density at radius 1 is 1.08 bits per heavy atom. The number of rotatable bonds is 1. The molecule has 0 aromatic heterocycles. The molecule has 0 spiro atoms. The summed E-state index contributed by atoms with van der Waals surface area (Å²) in [6.07, 6.45) is 1.28. The summed E-state index contributed by atoms with van der Waals surface area (Å²) >= 11 is 24.9. The number of amides is 3. The van der Waals surface area contributed by atoms with E-state index in [9.17, 15) is 14.4 Å². The lowest BCUT2D eigenvalue weighted by Gasteiger charge is -2.30. The fourth-order valence-corrected chi connectivity index (χ4v) is 5.30. The van der Waals surface area contributed by atoms with Gasteiger partial charge in [-0.1, -0.05) is 66.7 Å². The van der Waals surface area contributed by atoms with Crippen molar-refractivity contribution >= 4 is 84.4 Å². The van der Waals surface area contributed by atoms with Gasteiger partial charge in [0, 0.05) is 14.7 Å². The zero-order chi connectivity index (χ0) is 17.8. The van der Waals surface area contributed by atoms with Crippen molar-refractivity contribution in [2.75, 3.05) is 0 Å². The van der Waals surface area contributed by atoms with Crippen LogP contribution in [0.3, 0.4) is 0 Å². The zero-order valence-corrected chi connectivity index (χ0v) is 17.4. The highest BCUT2D eigenvalue weighted by Gasteiger charge is 2.56. The van der Waals surface area contributed by atoms with E-state index in [-0.39, 0.29) is 30.3 Å². The second-order valence-corrected chi connectivity index (χ2v) is 9.19. The summed E-state index contributed by atoms with van der Waals surface area (Å²) in [7, 11) is 0. The van der Waals surface area contributed by atoms with E-state index in [0.29, 0.717) is 11.3 Å². The van der Waals surface area contributed by atoms with Crippen molar-refractivity contribution in [2.45, 2.75) is 22.5 Å². The number of alkyl halides is 2. The van der Waals surface area contributed by atoms with Gasteiger partial charge in [-0.2, -0.15) is 0 Å². The lowest BCUT2D eigenvalue weighted by Crippen LogP contribution is -2.39. The van der Waals surface area contributed by atoms with Gasteiger partial charge in [0.1, 0.15) is 0 Å². The van der Waals surface area contributed by atoms with E-state index < -0.39 is 29.6 Å². The molecule has 3 rings (SSSR count). The predicted molar refractivity (Wildman–Crippen MR) is 99.3 cm³/mol. The number of fused-ring (bicyclic) bond motifs is 1. The Kier molecular flexibility index (Phi) is 5.34. The summed E-state index contributed by atoms with van der Waals surface area (Å²) in [5.74, 6) is -2.89. The number of hydrogen-bond donors (Lipinski definition) is 0. The summed E-state index contributed by atoms with van der Waals surface area (Å²) in [5.41, 5.74) is -0.0592. The molecule has 24 heavy (non-hydrogen) atoms. The Hall–Kier alpha value is -0.140. The van der Waals surface area contributed by atoms with Gasteiger partial charge in [0.2, 0.25) is 11.8 Å². The first-order chi connectivity index (χ1) is 11.2. The van der Waals surface area contributed by atoms with Crippen LogP contribution in [0.4, 0.5) is 0 Å². The van der Waals surface area contributed by atoms with Gasteiger partial charge in [0.05, 0.1) is 27.4 Å². The number of nitrogens with zero attached hydrogens (tertiary/aromatic N) is 1. The molecule has 4 nitrogen and oxygen atoms in total. The number of carbonyl (C=O) groups excluding carboxylic acids is 3. The van der Waals surface area contributed by atoms with Crippen LogP contribution in [0.25, 0.3) is 0 Å². The van der Waals surface area contributed by atoms with Gasteiger partial charge in [-0.05, 0) is 25.0 Å². The molecule has 2 aliphatic rings. The second kappa shape index (κ2) is 6.88. The monoisotopic (exact) mass is 515 g/mol. The largest absolute Gasteiger partial charge is 0.274 e. The minimum atomic E-state index is -0.792. The Labute approximate surface area is 170 Å². The Bertz CT molecular complexity index is 758. The molecule has 3 amide bonds. The SMILES string of the molecule is O=C(c1cc(Cl)cc(Cl)c1Cl)N1C(=O)C2CCC(Br)C(Br)C2C1=O. The molecule has 4 unspecified atom stereocenters. The van der Waals surface area contributed by atoms with Crippen LogP contribution in [0.1, 0.15) is 23.2 Å². The number of imide groups is 3. The summed E-state index contributed by atoms with van der Waals surface area (Å²) in [6.45, 7) is 0. The average molecular weight is 518 g/mol. The van der Waals surface area contributed by atoms with Crippen LogP contribution in [0.15, 0.2) is 12.1 Å². The van der Waals surface area contributed by atoms with Crippen molar-refractivity contribution in [3.63, 3.8) is 0 Å². The first kappa shape index (κ1) is 18.6. The molecule has 128 valence electrons. The topological polar surface area (TPSA) is 54.5 Å². The van der Waals surface area contributed by atoms with Crippen LogP contribution in [0.5, 0.6) is 0 Å². The van der Waals surface area contributed by atoms with E-state index in [0.717, 1.165) is 6.42 Å². The van der Waals surface area contributed by atoms with E-state index >= 15 is 0 Å². The lowest BCUT2D eigenvalue weighted by atomic mass is 9.81. The molecule has 4 atom stereocenters. The maximum Gasteiger partial charge on any atom is 0.268 e. The van der Waals surface area contributed by atoms with Gasteiger partial charge in [-0.25, -0.2) is 4.90 Å². The second-order valence-electron chi connectivity index (χ2n) is 5.74. The van der Waals surface area contributed by atoms with Gasteiger partial charge in [0.25, 0.3) is 5.91 Å². The Balaban J connectivity index is 2.00. The average Bonchev–Trinajstić information content (AvgIpc) is 2.77. The number of likely N-dealkylation sites (tertiary alicyclic amines) is 1. The number of carbonyl (C=O) groups is 3. The quantitative estimate of drug-likeness (QED) is 0.308. The third-order valence-electron chi connectivity index (χ3n) is 4.35. The predicted octanol–water partition coefficient (Wildman–Crippen LogP) is 4.71. The van der Waals surface area contributed by atoms with Crippen molar-refractivity contribution in [3.05, 3.63) is 32.8 Å². The van der Waals surface area contributed by atoms with Gasteiger partial charge in [0.15, 0.2) is 0 Å². The number of halogens is 5. The Morgan fingerprint density at radius 3 is 2.42 bits per heavy atom. The summed E-state index contributed by atoms with van der Waals surface area (Å²) in [5, 5.41) is 0.251. The molecule has 0 bridgehead atoms. The van der Waals surface area contributed by atoms with Gasteiger partial charge in [-0.3, -0.25) is 14.4 Å². The molecule has 9 heteroatoms. The molecule has 1 aromatic carbocycles. The van der Waals surface area contributed by atoms with E-state index in [1.807, 2.05) is 0 Å². The highest BCUT2D eigenvalue weighted by Crippen LogP contribution is 2.44. The summed E-state index contributed by atoms with van der Waals surface area (Å²) in [6, 6.07) is 2.69. The van der Waals surface area contributed by atoms with Gasteiger partial charge < -0.3 is 0 Å². The number of hydrogen-bond acceptors (Lipinski definition) is 3. The molecule has 1 aliphatic carbocycles. The normalized spacial score (nSPS) is 29.8. The summed E-state index contributed by atoms with van der Waals surface area (Å²) < 4.78 is 0. The highest BCUT2D eigenvalue weighted by atomic mass is 79.9. The van der Waals surface area contributed by atoms with Crippen LogP contribution >= 0.6 is 66.7 Å². The maximum absolute atomic E-state index is 12.8. The molecule has 0 N–H and O–H groups in total. The smallest absolute Gasteiger partial charge is 0.268 e.